The van der Waals surface area contributed by atoms with Gasteiger partial charge in [-0.1, -0.05) is 69.2 Å². The third-order valence-corrected chi connectivity index (χ3v) is 5.61. The van der Waals surface area contributed by atoms with Crippen LogP contribution in [0.15, 0.2) is 24.3 Å². The van der Waals surface area contributed by atoms with E-state index in [4.69, 9.17) is 5.11 Å². The third-order valence-electron chi connectivity index (χ3n) is 5.61. The fraction of sp³-hybridized carbons (Fsp3) is 0.696. The number of rotatable bonds is 13. The van der Waals surface area contributed by atoms with Gasteiger partial charge in [0.05, 0.1) is 5.41 Å². The van der Waals surface area contributed by atoms with Crippen LogP contribution in [-0.4, -0.2) is 11.1 Å². The van der Waals surface area contributed by atoms with Gasteiger partial charge in [-0.2, -0.15) is 0 Å². The molecule has 2 nitrogen and oxygen atoms in total. The standard InChI is InChI=1S/C23H36O2/c1-23(2,22(24)25)17-8-4-3-5-11-20-13-9-14-21(18-20)12-7-6-10-19-15-16-19/h9,13-14,18-19H,3-8,10-12,15-17H2,1-2H3,(H,24,25). The fourth-order valence-corrected chi connectivity index (χ4v) is 3.47. The summed E-state index contributed by atoms with van der Waals surface area (Å²) in [7, 11) is 0. The monoisotopic (exact) mass is 344 g/mol. The molecule has 0 amide bonds. The molecule has 0 saturated heterocycles. The van der Waals surface area contributed by atoms with E-state index in [1.807, 2.05) is 13.8 Å². The molecule has 0 spiro atoms. The van der Waals surface area contributed by atoms with Crippen molar-refractivity contribution in [1.29, 1.82) is 0 Å². The van der Waals surface area contributed by atoms with Gasteiger partial charge in [-0.05, 0) is 63.0 Å². The molecule has 0 unspecified atom stereocenters. The topological polar surface area (TPSA) is 37.3 Å². The van der Waals surface area contributed by atoms with Gasteiger partial charge in [-0.15, -0.1) is 0 Å². The minimum Gasteiger partial charge on any atom is -0.481 e. The summed E-state index contributed by atoms with van der Waals surface area (Å²) in [6.07, 6.45) is 14.8. The Morgan fingerprint density at radius 2 is 1.60 bits per heavy atom. The van der Waals surface area contributed by atoms with Crippen LogP contribution in [0.5, 0.6) is 0 Å². The van der Waals surface area contributed by atoms with Crippen LogP contribution in [-0.2, 0) is 17.6 Å². The molecule has 0 heterocycles. The summed E-state index contributed by atoms with van der Waals surface area (Å²) in [5.41, 5.74) is 2.38. The SMILES string of the molecule is CC(C)(CCCCCCc1cccc(CCCCC2CC2)c1)C(=O)O. The summed E-state index contributed by atoms with van der Waals surface area (Å²) in [4.78, 5) is 11.1. The second-order valence-electron chi connectivity index (χ2n) is 8.61. The molecule has 140 valence electrons. The zero-order valence-corrected chi connectivity index (χ0v) is 16.2. The maximum Gasteiger partial charge on any atom is 0.309 e. The number of benzene rings is 1. The number of carboxylic acid groups (broad SMARTS) is 1. The first-order valence-corrected chi connectivity index (χ1v) is 10.3. The lowest BCUT2D eigenvalue weighted by molar-refractivity contribution is -0.147. The second-order valence-corrected chi connectivity index (χ2v) is 8.61. The van der Waals surface area contributed by atoms with Crippen molar-refractivity contribution in [2.45, 2.75) is 90.9 Å². The van der Waals surface area contributed by atoms with Crippen molar-refractivity contribution < 1.29 is 9.90 Å². The van der Waals surface area contributed by atoms with Gasteiger partial charge in [-0.25, -0.2) is 0 Å². The van der Waals surface area contributed by atoms with Crippen molar-refractivity contribution >= 4 is 5.97 Å². The maximum absolute atomic E-state index is 11.1. The Bertz CT molecular complexity index is 529. The van der Waals surface area contributed by atoms with E-state index in [-0.39, 0.29) is 0 Å². The van der Waals surface area contributed by atoms with Gasteiger partial charge in [0.15, 0.2) is 0 Å². The molecule has 0 bridgehead atoms. The highest BCUT2D eigenvalue weighted by Gasteiger charge is 2.25. The number of hydrogen-bond acceptors (Lipinski definition) is 1. The largest absolute Gasteiger partial charge is 0.481 e. The van der Waals surface area contributed by atoms with Crippen molar-refractivity contribution in [2.24, 2.45) is 11.3 Å². The smallest absolute Gasteiger partial charge is 0.309 e. The summed E-state index contributed by atoms with van der Waals surface area (Å²) < 4.78 is 0. The number of aryl methyl sites for hydroxylation is 2. The molecule has 0 atom stereocenters. The van der Waals surface area contributed by atoms with Crippen molar-refractivity contribution in [3.05, 3.63) is 35.4 Å². The predicted molar refractivity (Wildman–Crippen MR) is 105 cm³/mol. The summed E-state index contributed by atoms with van der Waals surface area (Å²) in [5, 5.41) is 9.13. The van der Waals surface area contributed by atoms with Gasteiger partial charge in [-0.3, -0.25) is 4.79 Å². The van der Waals surface area contributed by atoms with E-state index in [1.54, 1.807) is 0 Å². The molecular weight excluding hydrogens is 308 g/mol. The average Bonchev–Trinajstić information content (AvgIpc) is 3.39. The van der Waals surface area contributed by atoms with E-state index in [1.165, 1.54) is 62.5 Å². The Hall–Kier alpha value is -1.31. The van der Waals surface area contributed by atoms with E-state index in [0.717, 1.165) is 31.6 Å². The van der Waals surface area contributed by atoms with Crippen LogP contribution in [0, 0.1) is 11.3 Å². The minimum atomic E-state index is -0.679. The molecule has 25 heavy (non-hydrogen) atoms. The van der Waals surface area contributed by atoms with E-state index < -0.39 is 11.4 Å². The number of aliphatic carboxylic acids is 1. The van der Waals surface area contributed by atoms with E-state index in [2.05, 4.69) is 24.3 Å². The van der Waals surface area contributed by atoms with Gasteiger partial charge in [0, 0.05) is 0 Å². The normalized spacial score (nSPS) is 14.6. The number of unbranched alkanes of at least 4 members (excludes halogenated alkanes) is 4. The molecule has 2 rings (SSSR count). The molecule has 0 aromatic heterocycles. The summed E-state index contributed by atoms with van der Waals surface area (Å²) in [6, 6.07) is 9.13. The predicted octanol–water partition coefficient (Wildman–Crippen LogP) is 6.41. The van der Waals surface area contributed by atoms with Gasteiger partial charge in [0.1, 0.15) is 0 Å². The van der Waals surface area contributed by atoms with Gasteiger partial charge >= 0.3 is 5.97 Å². The molecule has 1 aromatic rings. The molecule has 0 aliphatic heterocycles. The van der Waals surface area contributed by atoms with Crippen LogP contribution >= 0.6 is 0 Å². The molecule has 1 saturated carbocycles. The van der Waals surface area contributed by atoms with Crippen LogP contribution < -0.4 is 0 Å². The first-order chi connectivity index (χ1) is 12.0. The lowest BCUT2D eigenvalue weighted by Gasteiger charge is -2.18. The minimum absolute atomic E-state index is 0.576. The molecular formula is C23H36O2. The van der Waals surface area contributed by atoms with E-state index in [9.17, 15) is 4.79 Å². The Labute approximate surface area is 154 Å². The van der Waals surface area contributed by atoms with Crippen molar-refractivity contribution in [1.82, 2.24) is 0 Å². The summed E-state index contributed by atoms with van der Waals surface area (Å²) >= 11 is 0. The molecule has 1 aliphatic carbocycles. The Morgan fingerprint density at radius 3 is 2.20 bits per heavy atom. The van der Waals surface area contributed by atoms with Crippen molar-refractivity contribution in [3.8, 4) is 0 Å². The average molecular weight is 345 g/mol. The Balaban J connectivity index is 1.57. The molecule has 1 aliphatic rings. The van der Waals surface area contributed by atoms with Crippen molar-refractivity contribution in [2.75, 3.05) is 0 Å². The molecule has 0 radical (unpaired) electrons. The highest BCUT2D eigenvalue weighted by atomic mass is 16.4. The molecule has 1 aromatic carbocycles. The summed E-state index contributed by atoms with van der Waals surface area (Å²) in [6.45, 7) is 3.65. The van der Waals surface area contributed by atoms with E-state index >= 15 is 0 Å². The highest BCUT2D eigenvalue weighted by molar-refractivity contribution is 5.73. The number of hydrogen-bond donors (Lipinski definition) is 1. The van der Waals surface area contributed by atoms with Crippen LogP contribution in [0.4, 0.5) is 0 Å². The zero-order valence-electron chi connectivity index (χ0n) is 16.2. The second kappa shape index (κ2) is 9.99. The van der Waals surface area contributed by atoms with Crippen LogP contribution in [0.2, 0.25) is 0 Å². The van der Waals surface area contributed by atoms with Gasteiger partial charge in [0.25, 0.3) is 0 Å². The van der Waals surface area contributed by atoms with Gasteiger partial charge < -0.3 is 5.11 Å². The molecule has 2 heteroatoms. The van der Waals surface area contributed by atoms with Crippen LogP contribution in [0.1, 0.15) is 89.2 Å². The quantitative estimate of drug-likeness (QED) is 0.420. The summed E-state index contributed by atoms with van der Waals surface area (Å²) in [5.74, 6) is 0.383. The first kappa shape index (κ1) is 20.0. The lowest BCUT2D eigenvalue weighted by Crippen LogP contribution is -2.23. The zero-order chi connectivity index (χ0) is 18.1. The van der Waals surface area contributed by atoms with Gasteiger partial charge in [0.2, 0.25) is 0 Å². The molecule has 1 fully saturated rings. The first-order valence-electron chi connectivity index (χ1n) is 10.3. The fourth-order valence-electron chi connectivity index (χ4n) is 3.47. The third kappa shape index (κ3) is 8.07. The van der Waals surface area contributed by atoms with E-state index in [0.29, 0.717) is 0 Å². The number of carboxylic acids is 1. The Morgan fingerprint density at radius 1 is 1.00 bits per heavy atom. The Kier molecular flexibility index (Phi) is 7.99. The molecule has 1 N–H and O–H groups in total. The van der Waals surface area contributed by atoms with Crippen molar-refractivity contribution in [3.63, 3.8) is 0 Å². The van der Waals surface area contributed by atoms with Crippen LogP contribution in [0.25, 0.3) is 0 Å². The number of carbonyl (C=O) groups is 1. The maximum atomic E-state index is 11.1. The lowest BCUT2D eigenvalue weighted by atomic mass is 9.87. The highest BCUT2D eigenvalue weighted by Crippen LogP contribution is 2.34. The van der Waals surface area contributed by atoms with Crippen LogP contribution in [0.3, 0.4) is 0 Å².